The van der Waals surface area contributed by atoms with Crippen molar-refractivity contribution in [3.8, 4) is 0 Å². The lowest BCUT2D eigenvalue weighted by molar-refractivity contribution is -0.137. The van der Waals surface area contributed by atoms with Gasteiger partial charge in [-0.1, -0.05) is 12.1 Å². The number of nitrogens with zero attached hydrogens (tertiary/aromatic N) is 8. The minimum atomic E-state index is -4.56. The zero-order valence-electron chi connectivity index (χ0n) is 24.1. The summed E-state index contributed by atoms with van der Waals surface area (Å²) in [6, 6.07) is 11.1. The molecule has 3 aromatic heterocycles. The topological polar surface area (TPSA) is 151 Å². The molecule has 4 heterocycles. The van der Waals surface area contributed by atoms with E-state index in [0.29, 0.717) is 59.8 Å². The van der Waals surface area contributed by atoms with Crippen molar-refractivity contribution in [2.45, 2.75) is 19.5 Å². The minimum Gasteiger partial charge on any atom is -0.382 e. The lowest BCUT2D eigenvalue weighted by Crippen LogP contribution is -2.32. The summed E-state index contributed by atoms with van der Waals surface area (Å²) < 4.78 is 39.5. The van der Waals surface area contributed by atoms with Crippen molar-refractivity contribution in [1.82, 2.24) is 29.9 Å². The van der Waals surface area contributed by atoms with Crippen LogP contribution in [-0.2, 0) is 6.18 Å². The molecule has 230 valence electrons. The van der Waals surface area contributed by atoms with Crippen molar-refractivity contribution in [2.24, 2.45) is 0 Å². The number of nitrogens with two attached hydrogens (primary N) is 1. The van der Waals surface area contributed by atoms with Gasteiger partial charge in [-0.3, -0.25) is 4.79 Å². The van der Waals surface area contributed by atoms with Crippen LogP contribution in [0.4, 0.5) is 48.1 Å². The first-order valence-electron chi connectivity index (χ1n) is 14.1. The van der Waals surface area contributed by atoms with E-state index in [2.05, 4.69) is 40.5 Å². The summed E-state index contributed by atoms with van der Waals surface area (Å²) in [5, 5.41) is 5.92. The number of amides is 1. The number of rotatable bonds is 6. The van der Waals surface area contributed by atoms with E-state index in [9.17, 15) is 18.0 Å². The predicted molar refractivity (Wildman–Crippen MR) is 164 cm³/mol. The number of benzene rings is 2. The molecule has 0 spiro atoms. The summed E-state index contributed by atoms with van der Waals surface area (Å²) in [7, 11) is 0. The zero-order chi connectivity index (χ0) is 31.6. The number of halogens is 3. The molecule has 0 unspecified atom stereocenters. The zero-order valence-corrected chi connectivity index (χ0v) is 24.1. The highest BCUT2D eigenvalue weighted by molar-refractivity contribution is 6.04. The smallest absolute Gasteiger partial charge is 0.382 e. The molecular weight excluding hydrogens is 587 g/mol. The van der Waals surface area contributed by atoms with Gasteiger partial charge in [0.1, 0.15) is 17.4 Å². The molecule has 0 saturated carbocycles. The summed E-state index contributed by atoms with van der Waals surface area (Å²) in [6.45, 7) is 4.61. The summed E-state index contributed by atoms with van der Waals surface area (Å²) >= 11 is 0. The third kappa shape index (κ3) is 6.51. The van der Waals surface area contributed by atoms with Crippen LogP contribution in [0.1, 0.15) is 27.9 Å². The van der Waals surface area contributed by atoms with Crippen molar-refractivity contribution in [2.75, 3.05) is 52.3 Å². The Hall–Kier alpha value is -5.60. The Morgan fingerprint density at radius 3 is 2.38 bits per heavy atom. The van der Waals surface area contributed by atoms with Gasteiger partial charge in [0.15, 0.2) is 11.6 Å². The molecule has 1 fully saturated rings. The molecule has 0 aliphatic carbocycles. The van der Waals surface area contributed by atoms with Gasteiger partial charge in [-0.2, -0.15) is 18.2 Å². The van der Waals surface area contributed by atoms with E-state index in [1.54, 1.807) is 36.7 Å². The Morgan fingerprint density at radius 2 is 1.62 bits per heavy atom. The molecule has 5 aromatic rings. The number of hydrogen-bond acceptors (Lipinski definition) is 11. The van der Waals surface area contributed by atoms with Crippen LogP contribution in [0.3, 0.4) is 0 Å². The first-order chi connectivity index (χ1) is 21.7. The first kappa shape index (κ1) is 29.5. The molecule has 2 aromatic carbocycles. The lowest BCUT2D eigenvalue weighted by atomic mass is 10.1. The number of aromatic nitrogens is 6. The molecule has 12 nitrogen and oxygen atoms in total. The van der Waals surface area contributed by atoms with Gasteiger partial charge in [-0.15, -0.1) is 0 Å². The van der Waals surface area contributed by atoms with Crippen LogP contribution in [-0.4, -0.2) is 62.0 Å². The number of hydrogen-bond donors (Lipinski definition) is 3. The molecular formula is C30H28F3N11O. The van der Waals surface area contributed by atoms with E-state index in [1.165, 1.54) is 18.5 Å². The number of anilines is 6. The van der Waals surface area contributed by atoms with E-state index in [0.717, 1.165) is 30.7 Å². The maximum atomic E-state index is 13.2. The van der Waals surface area contributed by atoms with Crippen molar-refractivity contribution in [3.05, 3.63) is 83.9 Å². The molecule has 6 rings (SSSR count). The summed E-state index contributed by atoms with van der Waals surface area (Å²) in [5.74, 6) is 0.999. The second kappa shape index (κ2) is 12.2. The molecule has 1 aliphatic rings. The Labute approximate surface area is 255 Å². The SMILES string of the molecule is Cc1ccc(NC(=O)c2cccc(C(F)(F)F)c2)cc1Nc1ncnc2c(N)nc(N3CCCN(c4ncccn4)CC3)nc12. The van der Waals surface area contributed by atoms with Gasteiger partial charge in [0.25, 0.3) is 5.91 Å². The normalized spacial score (nSPS) is 13.9. The molecule has 1 saturated heterocycles. The molecule has 15 heteroatoms. The summed E-state index contributed by atoms with van der Waals surface area (Å²) in [4.78, 5) is 43.7. The largest absolute Gasteiger partial charge is 0.416 e. The maximum absolute atomic E-state index is 13.2. The van der Waals surface area contributed by atoms with Crippen LogP contribution in [0.2, 0.25) is 0 Å². The minimum absolute atomic E-state index is 0.116. The van der Waals surface area contributed by atoms with Crippen molar-refractivity contribution >= 4 is 51.8 Å². The number of nitrogen functional groups attached to an aromatic ring is 1. The van der Waals surface area contributed by atoms with E-state index in [1.807, 2.05) is 11.8 Å². The Balaban J connectivity index is 1.24. The van der Waals surface area contributed by atoms with Gasteiger partial charge in [0.2, 0.25) is 11.9 Å². The average molecular weight is 616 g/mol. The highest BCUT2D eigenvalue weighted by atomic mass is 19.4. The third-order valence-corrected chi connectivity index (χ3v) is 7.31. The summed E-state index contributed by atoms with van der Waals surface area (Å²) in [5.41, 5.74) is 7.88. The van der Waals surface area contributed by atoms with Crippen LogP contribution in [0.25, 0.3) is 11.0 Å². The van der Waals surface area contributed by atoms with Crippen LogP contribution in [0.5, 0.6) is 0 Å². The van der Waals surface area contributed by atoms with Gasteiger partial charge < -0.3 is 26.2 Å². The first-order valence-corrected chi connectivity index (χ1v) is 14.1. The fourth-order valence-corrected chi connectivity index (χ4v) is 4.96. The maximum Gasteiger partial charge on any atom is 0.416 e. The van der Waals surface area contributed by atoms with E-state index < -0.39 is 17.6 Å². The Kier molecular flexibility index (Phi) is 7.98. The number of carbonyl (C=O) groups excluding carboxylic acids is 1. The van der Waals surface area contributed by atoms with Gasteiger partial charge in [0.05, 0.1) is 5.56 Å². The number of alkyl halides is 3. The van der Waals surface area contributed by atoms with Crippen LogP contribution < -0.4 is 26.2 Å². The van der Waals surface area contributed by atoms with Gasteiger partial charge >= 0.3 is 6.18 Å². The molecule has 1 amide bonds. The van der Waals surface area contributed by atoms with E-state index >= 15 is 0 Å². The van der Waals surface area contributed by atoms with Gasteiger partial charge in [-0.05, 0) is 55.3 Å². The average Bonchev–Trinajstić information content (AvgIpc) is 3.30. The lowest BCUT2D eigenvalue weighted by Gasteiger charge is -2.22. The third-order valence-electron chi connectivity index (χ3n) is 7.31. The molecule has 4 N–H and O–H groups in total. The van der Waals surface area contributed by atoms with E-state index in [4.69, 9.17) is 10.7 Å². The van der Waals surface area contributed by atoms with Crippen LogP contribution in [0, 0.1) is 6.92 Å². The second-order valence-electron chi connectivity index (χ2n) is 10.4. The highest BCUT2D eigenvalue weighted by Crippen LogP contribution is 2.31. The molecule has 0 atom stereocenters. The number of nitrogens with one attached hydrogen (secondary N) is 2. The number of aryl methyl sites for hydroxylation is 1. The van der Waals surface area contributed by atoms with Gasteiger partial charge in [-0.25, -0.2) is 24.9 Å². The van der Waals surface area contributed by atoms with Crippen LogP contribution >= 0.6 is 0 Å². The van der Waals surface area contributed by atoms with Crippen molar-refractivity contribution in [1.29, 1.82) is 0 Å². The second-order valence-corrected chi connectivity index (χ2v) is 10.4. The fraction of sp³-hybridized carbons (Fsp3) is 0.233. The molecule has 0 bridgehead atoms. The van der Waals surface area contributed by atoms with E-state index in [-0.39, 0.29) is 11.4 Å². The highest BCUT2D eigenvalue weighted by Gasteiger charge is 2.31. The Bertz CT molecular complexity index is 1850. The fourth-order valence-electron chi connectivity index (χ4n) is 4.96. The molecule has 45 heavy (non-hydrogen) atoms. The molecule has 1 aliphatic heterocycles. The van der Waals surface area contributed by atoms with Crippen molar-refractivity contribution < 1.29 is 18.0 Å². The monoisotopic (exact) mass is 615 g/mol. The number of fused-ring (bicyclic) bond motifs is 1. The quantitative estimate of drug-likeness (QED) is 0.241. The summed E-state index contributed by atoms with van der Waals surface area (Å²) in [6.07, 6.45) is 1.05. The molecule has 0 radical (unpaired) electrons. The standard InChI is InChI=1S/C30H28F3N11O/c1-18-7-8-21(39-27(45)19-5-2-6-20(15-19)30(31,32)33)16-22(18)40-26-24-23(37-17-38-26)25(34)42-29(41-24)44-12-4-11-43(13-14-44)28-35-9-3-10-36-28/h2-3,5-10,15-17H,4,11-14H2,1H3,(H,39,45)(H2,34,41,42)(H,37,38,40). The van der Waals surface area contributed by atoms with Crippen LogP contribution in [0.15, 0.2) is 67.3 Å². The Morgan fingerprint density at radius 1 is 0.867 bits per heavy atom. The van der Waals surface area contributed by atoms with Crippen molar-refractivity contribution in [3.63, 3.8) is 0 Å². The predicted octanol–water partition coefficient (Wildman–Crippen LogP) is 4.83. The number of carbonyl (C=O) groups is 1. The van der Waals surface area contributed by atoms with Gasteiger partial charge in [0, 0.05) is 55.5 Å².